The molecule has 0 unspecified atom stereocenters. The Kier molecular flexibility index (Phi) is 9.13. The van der Waals surface area contributed by atoms with Crippen molar-refractivity contribution in [3.8, 4) is 11.5 Å². The van der Waals surface area contributed by atoms with Crippen LogP contribution in [0.5, 0.6) is 11.5 Å². The number of rotatable bonds is 9. The molecule has 1 aliphatic rings. The minimum atomic E-state index is -0.819. The smallest absolute Gasteiger partial charge is 0.338 e. The molecule has 0 aliphatic carbocycles. The van der Waals surface area contributed by atoms with E-state index in [0.717, 1.165) is 5.56 Å². The largest absolute Gasteiger partial charge is 0.491 e. The van der Waals surface area contributed by atoms with Gasteiger partial charge in [0.2, 0.25) is 0 Å². The minimum Gasteiger partial charge on any atom is -0.491 e. The maximum atomic E-state index is 14.1. The fourth-order valence-electron chi connectivity index (χ4n) is 4.80. The number of nitrogens with zero attached hydrogens (tertiary/aromatic N) is 2. The SMILES string of the molecule is CCOC(=O)C1=C(C)N=c2s/c(=C\c3cc(Cl)ccc3OCc3ccc(F)cc3)c(=O)n2[C@H]1c1ccccc1OC(C)C. The molecule has 7 nitrogen and oxygen atoms in total. The van der Waals surface area contributed by atoms with Gasteiger partial charge in [0.15, 0.2) is 4.80 Å². The quantitative estimate of drug-likeness (QED) is 0.216. The van der Waals surface area contributed by atoms with Gasteiger partial charge < -0.3 is 14.2 Å². The number of hydrogen-bond donors (Lipinski definition) is 0. The van der Waals surface area contributed by atoms with E-state index in [1.165, 1.54) is 28.0 Å². The van der Waals surface area contributed by atoms with E-state index in [4.69, 9.17) is 25.8 Å². The molecule has 0 radical (unpaired) electrons. The van der Waals surface area contributed by atoms with Crippen molar-refractivity contribution >= 4 is 35.0 Å². The first kappa shape index (κ1) is 30.3. The summed E-state index contributed by atoms with van der Waals surface area (Å²) in [7, 11) is 0. The van der Waals surface area contributed by atoms with E-state index in [9.17, 15) is 14.0 Å². The fourth-order valence-corrected chi connectivity index (χ4v) is 6.02. The van der Waals surface area contributed by atoms with Crippen LogP contribution in [-0.2, 0) is 16.1 Å². The van der Waals surface area contributed by atoms with Gasteiger partial charge in [-0.2, -0.15) is 0 Å². The maximum absolute atomic E-state index is 14.1. The summed E-state index contributed by atoms with van der Waals surface area (Å²) in [6.45, 7) is 7.66. The van der Waals surface area contributed by atoms with Crippen molar-refractivity contribution in [1.29, 1.82) is 0 Å². The van der Waals surface area contributed by atoms with Crippen LogP contribution in [0, 0.1) is 5.82 Å². The summed E-state index contributed by atoms with van der Waals surface area (Å²) >= 11 is 7.53. The van der Waals surface area contributed by atoms with Crippen LogP contribution >= 0.6 is 22.9 Å². The minimum absolute atomic E-state index is 0.135. The average molecular weight is 621 g/mol. The van der Waals surface area contributed by atoms with Crippen LogP contribution in [0.4, 0.5) is 4.39 Å². The number of carbonyl (C=O) groups excluding carboxylic acids is 1. The average Bonchev–Trinajstić information content (AvgIpc) is 3.27. The molecule has 2 heterocycles. The Labute approximate surface area is 257 Å². The molecule has 0 saturated carbocycles. The fraction of sp³-hybridized carbons (Fsp3) is 0.242. The molecule has 43 heavy (non-hydrogen) atoms. The van der Waals surface area contributed by atoms with E-state index >= 15 is 0 Å². The van der Waals surface area contributed by atoms with Crippen molar-refractivity contribution in [1.82, 2.24) is 4.57 Å². The predicted octanol–water partition coefficient (Wildman–Crippen LogP) is 5.96. The number of halogens is 2. The lowest BCUT2D eigenvalue weighted by molar-refractivity contribution is -0.139. The summed E-state index contributed by atoms with van der Waals surface area (Å²) in [4.78, 5) is 32.5. The van der Waals surface area contributed by atoms with Gasteiger partial charge in [-0.05, 0) is 75.7 Å². The van der Waals surface area contributed by atoms with Crippen LogP contribution in [0.2, 0.25) is 5.02 Å². The summed E-state index contributed by atoms with van der Waals surface area (Å²) in [5, 5.41) is 0.464. The summed E-state index contributed by atoms with van der Waals surface area (Å²) in [5.41, 5.74) is 2.40. The van der Waals surface area contributed by atoms with Crippen LogP contribution < -0.4 is 24.4 Å². The lowest BCUT2D eigenvalue weighted by Crippen LogP contribution is -2.40. The second kappa shape index (κ2) is 13.0. The van der Waals surface area contributed by atoms with E-state index in [-0.39, 0.29) is 36.3 Å². The van der Waals surface area contributed by atoms with Gasteiger partial charge in [0.1, 0.15) is 30.0 Å². The zero-order valence-electron chi connectivity index (χ0n) is 24.1. The summed E-state index contributed by atoms with van der Waals surface area (Å²) in [5.74, 6) is 0.174. The van der Waals surface area contributed by atoms with Crippen LogP contribution in [0.3, 0.4) is 0 Å². The number of carbonyl (C=O) groups is 1. The molecular formula is C33H30ClFN2O5S. The molecule has 4 aromatic rings. The molecular weight excluding hydrogens is 591 g/mol. The Hall–Kier alpha value is -4.21. The van der Waals surface area contributed by atoms with Crippen molar-refractivity contribution < 1.29 is 23.4 Å². The molecule has 0 amide bonds. The standard InChI is InChI=1S/C33H30ClFN2O5S/c1-5-40-32(39)29-20(4)36-33-37(30(29)25-8-6-7-9-27(25)42-19(2)3)31(38)28(43-33)17-22-16-23(34)12-15-26(22)41-18-21-10-13-24(35)14-11-21/h6-17,19,30H,5,18H2,1-4H3/b28-17-/t30-/m0/s1. The van der Waals surface area contributed by atoms with Gasteiger partial charge in [-0.25, -0.2) is 14.2 Å². The van der Waals surface area contributed by atoms with Crippen molar-refractivity contribution in [3.05, 3.63) is 125 Å². The van der Waals surface area contributed by atoms with Crippen molar-refractivity contribution in [2.45, 2.75) is 46.4 Å². The Morgan fingerprint density at radius 2 is 1.86 bits per heavy atom. The molecule has 1 atom stereocenters. The Morgan fingerprint density at radius 3 is 2.58 bits per heavy atom. The normalized spacial score (nSPS) is 14.9. The second-order valence-electron chi connectivity index (χ2n) is 10.1. The number of aromatic nitrogens is 1. The number of fused-ring (bicyclic) bond motifs is 1. The second-order valence-corrected chi connectivity index (χ2v) is 11.5. The number of benzene rings is 3. The van der Waals surface area contributed by atoms with Crippen molar-refractivity contribution in [3.63, 3.8) is 0 Å². The number of esters is 1. The highest BCUT2D eigenvalue weighted by atomic mass is 35.5. The Morgan fingerprint density at radius 1 is 1.12 bits per heavy atom. The van der Waals surface area contributed by atoms with E-state index in [2.05, 4.69) is 4.99 Å². The highest BCUT2D eigenvalue weighted by Crippen LogP contribution is 2.36. The van der Waals surface area contributed by atoms with Crippen LogP contribution in [0.25, 0.3) is 6.08 Å². The van der Waals surface area contributed by atoms with Crippen LogP contribution in [0.1, 0.15) is 50.4 Å². The summed E-state index contributed by atoms with van der Waals surface area (Å²) in [6, 6.07) is 17.7. The third kappa shape index (κ3) is 6.58. The first-order valence-corrected chi connectivity index (χ1v) is 15.0. The molecule has 1 aromatic heterocycles. The van der Waals surface area contributed by atoms with Gasteiger partial charge in [-0.1, -0.05) is 53.3 Å². The monoisotopic (exact) mass is 620 g/mol. The van der Waals surface area contributed by atoms with E-state index in [1.54, 1.807) is 50.3 Å². The topological polar surface area (TPSA) is 79.1 Å². The molecule has 3 aromatic carbocycles. The molecule has 0 bridgehead atoms. The number of hydrogen-bond acceptors (Lipinski definition) is 7. The van der Waals surface area contributed by atoms with Gasteiger partial charge in [-0.3, -0.25) is 9.36 Å². The first-order valence-electron chi connectivity index (χ1n) is 13.8. The van der Waals surface area contributed by atoms with Gasteiger partial charge in [0.25, 0.3) is 5.56 Å². The summed E-state index contributed by atoms with van der Waals surface area (Å²) < 4.78 is 32.8. The number of ether oxygens (including phenoxy) is 3. The first-order chi connectivity index (χ1) is 20.7. The maximum Gasteiger partial charge on any atom is 0.338 e. The van der Waals surface area contributed by atoms with E-state index in [1.807, 2.05) is 38.1 Å². The zero-order chi connectivity index (χ0) is 30.7. The van der Waals surface area contributed by atoms with Crippen molar-refractivity contribution in [2.75, 3.05) is 6.61 Å². The van der Waals surface area contributed by atoms with Crippen molar-refractivity contribution in [2.24, 2.45) is 4.99 Å². The molecule has 1 aliphatic heterocycles. The molecule has 0 N–H and O–H groups in total. The van der Waals surface area contributed by atoms with Gasteiger partial charge in [-0.15, -0.1) is 0 Å². The summed E-state index contributed by atoms with van der Waals surface area (Å²) in [6.07, 6.45) is 1.57. The highest BCUT2D eigenvalue weighted by Gasteiger charge is 2.35. The molecule has 0 saturated heterocycles. The lowest BCUT2D eigenvalue weighted by Gasteiger charge is -2.26. The molecule has 0 spiro atoms. The number of thiazole rings is 1. The van der Waals surface area contributed by atoms with Gasteiger partial charge >= 0.3 is 5.97 Å². The molecule has 0 fully saturated rings. The highest BCUT2D eigenvalue weighted by molar-refractivity contribution is 7.07. The Bertz CT molecular complexity index is 1880. The third-order valence-electron chi connectivity index (χ3n) is 6.66. The number of para-hydroxylation sites is 1. The molecule has 10 heteroatoms. The van der Waals surface area contributed by atoms with Gasteiger partial charge in [0, 0.05) is 16.1 Å². The number of allylic oxidation sites excluding steroid dienone is 1. The van der Waals surface area contributed by atoms with E-state index < -0.39 is 12.0 Å². The lowest BCUT2D eigenvalue weighted by atomic mass is 9.95. The molecule has 5 rings (SSSR count). The van der Waals surface area contributed by atoms with E-state index in [0.29, 0.717) is 42.7 Å². The van der Waals surface area contributed by atoms with Crippen LogP contribution in [0.15, 0.2) is 87.8 Å². The van der Waals surface area contributed by atoms with Crippen LogP contribution in [-0.4, -0.2) is 23.2 Å². The third-order valence-corrected chi connectivity index (χ3v) is 7.88. The zero-order valence-corrected chi connectivity index (χ0v) is 25.7. The predicted molar refractivity (Wildman–Crippen MR) is 165 cm³/mol. The van der Waals surface area contributed by atoms with Gasteiger partial charge in [0.05, 0.1) is 28.5 Å². The Balaban J connectivity index is 1.64. The molecule has 222 valence electrons.